The van der Waals surface area contributed by atoms with Crippen molar-refractivity contribution in [2.45, 2.75) is 32.7 Å². The summed E-state index contributed by atoms with van der Waals surface area (Å²) in [6.45, 7) is 5.76. The first-order valence-corrected chi connectivity index (χ1v) is 4.16. The van der Waals surface area contributed by atoms with Gasteiger partial charge in [-0.05, 0) is 18.8 Å². The van der Waals surface area contributed by atoms with Crippen LogP contribution in [0.3, 0.4) is 0 Å². The summed E-state index contributed by atoms with van der Waals surface area (Å²) in [5, 5.41) is 2.19. The van der Waals surface area contributed by atoms with Gasteiger partial charge in [-0.3, -0.25) is 5.43 Å². The van der Waals surface area contributed by atoms with E-state index < -0.39 is 0 Å². The summed E-state index contributed by atoms with van der Waals surface area (Å²) in [5.41, 5.74) is 3.42. The molecule has 0 bridgehead atoms. The molecule has 1 heterocycles. The largest absolute Gasteiger partial charge is 0.252 e. The molecule has 60 valence electrons. The third-order valence-corrected chi connectivity index (χ3v) is 1.97. The summed E-state index contributed by atoms with van der Waals surface area (Å²) < 4.78 is 0. The molecule has 0 aromatic rings. The highest BCUT2D eigenvalue weighted by molar-refractivity contribution is 4.73. The molecule has 0 saturated carbocycles. The van der Waals surface area contributed by atoms with Crippen molar-refractivity contribution >= 4 is 0 Å². The lowest BCUT2D eigenvalue weighted by Gasteiger charge is -2.14. The fraction of sp³-hybridized carbons (Fsp3) is 1.00. The smallest absolute Gasteiger partial charge is 0.0230 e. The predicted octanol–water partition coefficient (Wildman–Crippen LogP) is 1.24. The molecule has 1 aliphatic rings. The van der Waals surface area contributed by atoms with Crippen LogP contribution in [0.4, 0.5) is 0 Å². The number of rotatable bonds is 2. The minimum absolute atomic E-state index is 0.741. The Bertz CT molecular complexity index is 101. The molecule has 1 unspecified atom stereocenters. The Kier molecular flexibility index (Phi) is 2.69. The van der Waals surface area contributed by atoms with E-state index in [1.165, 1.54) is 19.4 Å². The second-order valence-electron chi connectivity index (χ2n) is 3.67. The maximum Gasteiger partial charge on any atom is 0.0230 e. The Balaban J connectivity index is 2.18. The van der Waals surface area contributed by atoms with E-state index in [1.54, 1.807) is 0 Å². The van der Waals surface area contributed by atoms with Gasteiger partial charge in [-0.1, -0.05) is 13.8 Å². The number of hydrogen-bond donors (Lipinski definition) is 1. The van der Waals surface area contributed by atoms with Crippen molar-refractivity contribution in [2.75, 3.05) is 13.6 Å². The zero-order valence-corrected chi connectivity index (χ0v) is 7.22. The van der Waals surface area contributed by atoms with Crippen LogP contribution in [0.1, 0.15) is 26.7 Å². The van der Waals surface area contributed by atoms with Crippen molar-refractivity contribution in [1.82, 2.24) is 10.4 Å². The first-order valence-electron chi connectivity index (χ1n) is 4.16. The van der Waals surface area contributed by atoms with E-state index in [9.17, 15) is 0 Å². The molecule has 1 N–H and O–H groups in total. The zero-order chi connectivity index (χ0) is 7.56. The number of nitrogens with zero attached hydrogens (tertiary/aromatic N) is 1. The van der Waals surface area contributed by atoms with Gasteiger partial charge in [-0.25, -0.2) is 5.01 Å². The van der Waals surface area contributed by atoms with Gasteiger partial charge in [-0.2, -0.15) is 0 Å². The molecule has 0 aromatic carbocycles. The standard InChI is InChI=1S/C8H18N2/c1-7(2)6-8-4-5-10(3)9-8/h7-9H,4-6H2,1-3H3. The Morgan fingerprint density at radius 1 is 1.60 bits per heavy atom. The number of hydrazine groups is 1. The van der Waals surface area contributed by atoms with Gasteiger partial charge in [0.15, 0.2) is 0 Å². The molecule has 0 aromatic heterocycles. The minimum Gasteiger partial charge on any atom is -0.252 e. The normalized spacial score (nSPS) is 28.2. The Labute approximate surface area is 63.6 Å². The molecular formula is C8H18N2. The average molecular weight is 142 g/mol. The monoisotopic (exact) mass is 142 g/mol. The van der Waals surface area contributed by atoms with Crippen LogP contribution < -0.4 is 5.43 Å². The van der Waals surface area contributed by atoms with Gasteiger partial charge in [0.2, 0.25) is 0 Å². The second kappa shape index (κ2) is 3.35. The average Bonchev–Trinajstić information content (AvgIpc) is 2.13. The second-order valence-corrected chi connectivity index (χ2v) is 3.67. The molecule has 1 fully saturated rings. The quantitative estimate of drug-likeness (QED) is 0.624. The summed E-state index contributed by atoms with van der Waals surface area (Å²) in [4.78, 5) is 0. The topological polar surface area (TPSA) is 15.3 Å². The molecule has 1 aliphatic heterocycles. The Morgan fingerprint density at radius 2 is 2.30 bits per heavy atom. The van der Waals surface area contributed by atoms with Crippen molar-refractivity contribution in [3.8, 4) is 0 Å². The van der Waals surface area contributed by atoms with E-state index in [1.807, 2.05) is 0 Å². The van der Waals surface area contributed by atoms with Gasteiger partial charge >= 0.3 is 0 Å². The van der Waals surface area contributed by atoms with Gasteiger partial charge in [0.1, 0.15) is 0 Å². The third kappa shape index (κ3) is 2.27. The molecule has 1 saturated heterocycles. The first-order chi connectivity index (χ1) is 4.68. The predicted molar refractivity (Wildman–Crippen MR) is 43.6 cm³/mol. The van der Waals surface area contributed by atoms with Crippen molar-refractivity contribution in [2.24, 2.45) is 5.92 Å². The van der Waals surface area contributed by atoms with Gasteiger partial charge in [-0.15, -0.1) is 0 Å². The summed E-state index contributed by atoms with van der Waals surface area (Å²) in [6, 6.07) is 0.741. The van der Waals surface area contributed by atoms with Gasteiger partial charge in [0.05, 0.1) is 0 Å². The minimum atomic E-state index is 0.741. The highest BCUT2D eigenvalue weighted by atomic mass is 15.5. The summed E-state index contributed by atoms with van der Waals surface area (Å²) >= 11 is 0. The van der Waals surface area contributed by atoms with Gasteiger partial charge in [0, 0.05) is 19.6 Å². The van der Waals surface area contributed by atoms with Crippen molar-refractivity contribution < 1.29 is 0 Å². The molecule has 10 heavy (non-hydrogen) atoms. The highest BCUT2D eigenvalue weighted by Gasteiger charge is 2.18. The van der Waals surface area contributed by atoms with Crippen LogP contribution in [0, 0.1) is 5.92 Å². The molecule has 1 rings (SSSR count). The maximum atomic E-state index is 3.42. The van der Waals surface area contributed by atoms with Crippen LogP contribution in [0.25, 0.3) is 0 Å². The number of nitrogens with one attached hydrogen (secondary N) is 1. The van der Waals surface area contributed by atoms with Gasteiger partial charge < -0.3 is 0 Å². The van der Waals surface area contributed by atoms with Crippen LogP contribution >= 0.6 is 0 Å². The molecular weight excluding hydrogens is 124 g/mol. The van der Waals surface area contributed by atoms with Crippen LogP contribution in [0.15, 0.2) is 0 Å². The highest BCUT2D eigenvalue weighted by Crippen LogP contribution is 2.12. The lowest BCUT2D eigenvalue weighted by atomic mass is 10.0. The summed E-state index contributed by atoms with van der Waals surface area (Å²) in [6.07, 6.45) is 2.62. The molecule has 0 aliphatic carbocycles. The molecule has 0 amide bonds. The van der Waals surface area contributed by atoms with Crippen LogP contribution in [0.5, 0.6) is 0 Å². The fourth-order valence-corrected chi connectivity index (χ4v) is 1.53. The summed E-state index contributed by atoms with van der Waals surface area (Å²) in [5.74, 6) is 0.823. The molecule has 1 atom stereocenters. The van der Waals surface area contributed by atoms with E-state index in [-0.39, 0.29) is 0 Å². The Morgan fingerprint density at radius 3 is 2.70 bits per heavy atom. The molecule has 2 heteroatoms. The Hall–Kier alpha value is -0.0800. The lowest BCUT2D eigenvalue weighted by molar-refractivity contribution is 0.278. The molecule has 2 nitrogen and oxygen atoms in total. The van der Waals surface area contributed by atoms with E-state index in [0.29, 0.717) is 0 Å². The van der Waals surface area contributed by atoms with Gasteiger partial charge in [0.25, 0.3) is 0 Å². The lowest BCUT2D eigenvalue weighted by Crippen LogP contribution is -2.32. The van der Waals surface area contributed by atoms with Crippen LogP contribution in [-0.2, 0) is 0 Å². The number of hydrogen-bond acceptors (Lipinski definition) is 2. The van der Waals surface area contributed by atoms with Crippen molar-refractivity contribution in [3.63, 3.8) is 0 Å². The third-order valence-electron chi connectivity index (χ3n) is 1.97. The van der Waals surface area contributed by atoms with E-state index in [0.717, 1.165) is 12.0 Å². The van der Waals surface area contributed by atoms with E-state index in [4.69, 9.17) is 0 Å². The van der Waals surface area contributed by atoms with E-state index >= 15 is 0 Å². The fourth-order valence-electron chi connectivity index (χ4n) is 1.53. The first kappa shape index (κ1) is 8.02. The molecule has 0 radical (unpaired) electrons. The maximum absolute atomic E-state index is 3.42. The van der Waals surface area contributed by atoms with Crippen molar-refractivity contribution in [1.29, 1.82) is 0 Å². The van der Waals surface area contributed by atoms with Crippen molar-refractivity contribution in [3.05, 3.63) is 0 Å². The zero-order valence-electron chi connectivity index (χ0n) is 7.22. The molecule has 0 spiro atoms. The van der Waals surface area contributed by atoms with Crippen LogP contribution in [0.2, 0.25) is 0 Å². The van der Waals surface area contributed by atoms with E-state index in [2.05, 4.69) is 31.3 Å². The summed E-state index contributed by atoms with van der Waals surface area (Å²) in [7, 11) is 2.11. The SMILES string of the molecule is CC(C)CC1CCN(C)N1. The van der Waals surface area contributed by atoms with Crippen LogP contribution in [-0.4, -0.2) is 24.6 Å².